The number of nitrogens with zero attached hydrogens (tertiary/aromatic N) is 4. The lowest BCUT2D eigenvalue weighted by molar-refractivity contribution is -0.119. The highest BCUT2D eigenvalue weighted by Gasteiger charge is 2.13. The van der Waals surface area contributed by atoms with Crippen molar-refractivity contribution in [3.8, 4) is 0 Å². The molecule has 106 valence electrons. The van der Waals surface area contributed by atoms with Gasteiger partial charge in [-0.3, -0.25) is 4.79 Å². The predicted octanol–water partition coefficient (Wildman–Crippen LogP) is -0.412. The maximum Gasteiger partial charge on any atom is 0.248 e. The number of rotatable bonds is 4. The Morgan fingerprint density at radius 1 is 1.35 bits per heavy atom. The van der Waals surface area contributed by atoms with E-state index in [0.29, 0.717) is 5.69 Å². The molecule has 0 spiro atoms. The molecular formula is C11H13N5O3S. The number of sulfonamides is 1. The van der Waals surface area contributed by atoms with Gasteiger partial charge in [0, 0.05) is 18.9 Å². The van der Waals surface area contributed by atoms with Gasteiger partial charge in [-0.1, -0.05) is 5.21 Å². The second kappa shape index (κ2) is 5.39. The van der Waals surface area contributed by atoms with Crippen molar-refractivity contribution in [2.45, 2.75) is 11.4 Å². The first-order chi connectivity index (χ1) is 9.38. The smallest absolute Gasteiger partial charge is 0.248 e. The molecule has 1 amide bonds. The summed E-state index contributed by atoms with van der Waals surface area (Å²) in [6.07, 6.45) is 3.06. The van der Waals surface area contributed by atoms with Crippen molar-refractivity contribution in [3.05, 3.63) is 36.7 Å². The summed E-state index contributed by atoms with van der Waals surface area (Å²) in [5.41, 5.74) is 0.558. The first-order valence-corrected chi connectivity index (χ1v) is 7.16. The van der Waals surface area contributed by atoms with Crippen LogP contribution >= 0.6 is 0 Å². The van der Waals surface area contributed by atoms with E-state index in [1.807, 2.05) is 0 Å². The van der Waals surface area contributed by atoms with Crippen LogP contribution in [-0.4, -0.2) is 36.4 Å². The first kappa shape index (κ1) is 14.2. The average Bonchev–Trinajstić information content (AvgIpc) is 2.90. The lowest BCUT2D eigenvalue weighted by Crippen LogP contribution is -2.30. The summed E-state index contributed by atoms with van der Waals surface area (Å²) >= 11 is 0. The molecule has 1 heterocycles. The van der Waals surface area contributed by atoms with Crippen LogP contribution in [0.4, 0.5) is 5.69 Å². The Hall–Kier alpha value is -2.26. The molecule has 9 heteroatoms. The molecule has 20 heavy (non-hydrogen) atoms. The normalized spacial score (nSPS) is 11.3. The minimum Gasteiger partial charge on any atom is -0.314 e. The third-order valence-corrected chi connectivity index (χ3v) is 3.63. The van der Waals surface area contributed by atoms with Crippen molar-refractivity contribution in [1.29, 1.82) is 0 Å². The van der Waals surface area contributed by atoms with Gasteiger partial charge in [-0.25, -0.2) is 18.2 Å². The number of likely N-dealkylation sites (N-methyl/N-ethyl adjacent to an activating group) is 1. The second-order valence-electron chi connectivity index (χ2n) is 4.09. The van der Waals surface area contributed by atoms with Gasteiger partial charge in [-0.2, -0.15) is 0 Å². The van der Waals surface area contributed by atoms with Crippen molar-refractivity contribution in [2.24, 2.45) is 5.14 Å². The summed E-state index contributed by atoms with van der Waals surface area (Å²) in [6.45, 7) is 0.0490. The Morgan fingerprint density at radius 3 is 2.50 bits per heavy atom. The highest BCUT2D eigenvalue weighted by molar-refractivity contribution is 7.89. The number of amides is 1. The number of benzene rings is 1. The number of primary sulfonamides is 1. The fourth-order valence-corrected chi connectivity index (χ4v) is 2.08. The van der Waals surface area contributed by atoms with Crippen LogP contribution in [0.3, 0.4) is 0 Å². The minimum atomic E-state index is -3.73. The molecule has 2 aromatic rings. The number of nitrogens with two attached hydrogens (primary N) is 1. The molecule has 1 aromatic heterocycles. The summed E-state index contributed by atoms with van der Waals surface area (Å²) < 4.78 is 23.7. The molecule has 0 unspecified atom stereocenters. The summed E-state index contributed by atoms with van der Waals surface area (Å²) in [5, 5.41) is 12.3. The number of hydrogen-bond donors (Lipinski definition) is 1. The molecule has 0 saturated carbocycles. The number of carbonyl (C=O) groups excluding carboxylic acids is 1. The molecule has 0 fully saturated rings. The van der Waals surface area contributed by atoms with Crippen molar-refractivity contribution in [2.75, 3.05) is 11.9 Å². The van der Waals surface area contributed by atoms with Crippen LogP contribution in [0.15, 0.2) is 41.6 Å². The van der Waals surface area contributed by atoms with Gasteiger partial charge in [0.05, 0.1) is 11.1 Å². The van der Waals surface area contributed by atoms with Crippen molar-refractivity contribution in [3.63, 3.8) is 0 Å². The maximum absolute atomic E-state index is 12.0. The Morgan fingerprint density at radius 2 is 2.00 bits per heavy atom. The third kappa shape index (κ3) is 3.19. The molecule has 8 nitrogen and oxygen atoms in total. The van der Waals surface area contributed by atoms with Crippen molar-refractivity contribution in [1.82, 2.24) is 15.0 Å². The first-order valence-electron chi connectivity index (χ1n) is 5.61. The second-order valence-corrected chi connectivity index (χ2v) is 5.65. The lowest BCUT2D eigenvalue weighted by Gasteiger charge is -2.17. The van der Waals surface area contributed by atoms with Crippen LogP contribution in [0.2, 0.25) is 0 Å². The fraction of sp³-hybridized carbons (Fsp3) is 0.182. The van der Waals surface area contributed by atoms with Crippen LogP contribution in [-0.2, 0) is 21.4 Å². The van der Waals surface area contributed by atoms with E-state index in [0.717, 1.165) is 0 Å². The van der Waals surface area contributed by atoms with E-state index >= 15 is 0 Å². The monoisotopic (exact) mass is 295 g/mol. The van der Waals surface area contributed by atoms with E-state index in [1.165, 1.54) is 40.0 Å². The van der Waals surface area contributed by atoms with Gasteiger partial charge in [0.2, 0.25) is 15.9 Å². The van der Waals surface area contributed by atoms with Crippen LogP contribution in [0, 0.1) is 0 Å². The van der Waals surface area contributed by atoms with Gasteiger partial charge in [0.1, 0.15) is 6.54 Å². The average molecular weight is 295 g/mol. The molecule has 1 aromatic carbocycles. The van der Waals surface area contributed by atoms with E-state index < -0.39 is 10.0 Å². The summed E-state index contributed by atoms with van der Waals surface area (Å²) in [6, 6.07) is 5.73. The number of carbonyl (C=O) groups is 1. The largest absolute Gasteiger partial charge is 0.314 e. The van der Waals surface area contributed by atoms with E-state index in [9.17, 15) is 13.2 Å². The molecular weight excluding hydrogens is 282 g/mol. The molecule has 0 aliphatic carbocycles. The van der Waals surface area contributed by atoms with Gasteiger partial charge < -0.3 is 4.90 Å². The highest BCUT2D eigenvalue weighted by atomic mass is 32.2. The Kier molecular flexibility index (Phi) is 3.81. The molecule has 2 N–H and O–H groups in total. The molecule has 0 radical (unpaired) electrons. The van der Waals surface area contributed by atoms with Crippen LogP contribution in [0.25, 0.3) is 0 Å². The molecule has 0 aliphatic heterocycles. The van der Waals surface area contributed by atoms with Crippen LogP contribution in [0.1, 0.15) is 0 Å². The van der Waals surface area contributed by atoms with Gasteiger partial charge in [-0.05, 0) is 24.3 Å². The van der Waals surface area contributed by atoms with Crippen LogP contribution < -0.4 is 10.0 Å². The van der Waals surface area contributed by atoms with E-state index in [1.54, 1.807) is 13.2 Å². The molecule has 2 rings (SSSR count). The molecule has 0 atom stereocenters. The number of hydrogen-bond acceptors (Lipinski definition) is 5. The topological polar surface area (TPSA) is 111 Å². The van der Waals surface area contributed by atoms with Gasteiger partial charge >= 0.3 is 0 Å². The molecule has 0 bridgehead atoms. The van der Waals surface area contributed by atoms with Gasteiger partial charge in [0.25, 0.3) is 0 Å². The highest BCUT2D eigenvalue weighted by Crippen LogP contribution is 2.16. The Labute approximate surface area is 115 Å². The van der Waals surface area contributed by atoms with Gasteiger partial charge in [0.15, 0.2) is 0 Å². The fourth-order valence-electron chi connectivity index (χ4n) is 1.57. The standard InChI is InChI=1S/C11H13N5O3S/c1-15(11(17)8-16-7-6-13-14-16)9-2-4-10(5-3-9)20(12,18)19/h2-7H,8H2,1H3,(H2,12,18,19). The maximum atomic E-state index is 12.0. The summed E-state index contributed by atoms with van der Waals surface area (Å²) in [7, 11) is -2.14. The van der Waals surface area contributed by atoms with Crippen molar-refractivity contribution < 1.29 is 13.2 Å². The number of anilines is 1. The zero-order valence-electron chi connectivity index (χ0n) is 10.7. The Balaban J connectivity index is 2.13. The van der Waals surface area contributed by atoms with Crippen molar-refractivity contribution >= 4 is 21.6 Å². The summed E-state index contributed by atoms with van der Waals surface area (Å²) in [4.78, 5) is 13.4. The quantitative estimate of drug-likeness (QED) is 0.824. The predicted molar refractivity (Wildman–Crippen MR) is 71.2 cm³/mol. The van der Waals surface area contributed by atoms with E-state index in [-0.39, 0.29) is 17.3 Å². The third-order valence-electron chi connectivity index (χ3n) is 2.70. The summed E-state index contributed by atoms with van der Waals surface area (Å²) in [5.74, 6) is -0.209. The van der Waals surface area contributed by atoms with E-state index in [4.69, 9.17) is 5.14 Å². The Bertz CT molecular complexity index is 694. The van der Waals surface area contributed by atoms with Gasteiger partial charge in [-0.15, -0.1) is 5.10 Å². The van der Waals surface area contributed by atoms with Crippen LogP contribution in [0.5, 0.6) is 0 Å². The van der Waals surface area contributed by atoms with E-state index in [2.05, 4.69) is 10.3 Å². The zero-order valence-corrected chi connectivity index (χ0v) is 11.5. The molecule has 0 saturated heterocycles. The SMILES string of the molecule is CN(C(=O)Cn1ccnn1)c1ccc(S(N)(=O)=O)cc1. The number of aromatic nitrogens is 3. The minimum absolute atomic E-state index is 0.00150. The molecule has 0 aliphatic rings. The zero-order chi connectivity index (χ0) is 14.8. The lowest BCUT2D eigenvalue weighted by atomic mass is 10.3.